The standard InChI is InChI=1S/C16H13F3N2O3S/c17-16(18,19)24-13-8-6-11(7-9-13)20-15(25)21-14(22)10-23-12-4-2-1-3-5-12/h1-9H,10H2,(H2,20,21,22,25). The van der Waals surface area contributed by atoms with Crippen molar-refractivity contribution >= 4 is 28.9 Å². The number of amides is 1. The van der Waals surface area contributed by atoms with Gasteiger partial charge in [-0.2, -0.15) is 0 Å². The molecule has 2 N–H and O–H groups in total. The van der Waals surface area contributed by atoms with Crippen molar-refractivity contribution in [1.29, 1.82) is 0 Å². The number of carbonyl (C=O) groups is 1. The summed E-state index contributed by atoms with van der Waals surface area (Å²) < 4.78 is 45.2. The number of nitrogens with one attached hydrogen (secondary N) is 2. The number of thiocarbonyl (C=S) groups is 1. The monoisotopic (exact) mass is 370 g/mol. The molecule has 0 atom stereocenters. The van der Waals surface area contributed by atoms with Crippen LogP contribution in [0.4, 0.5) is 18.9 Å². The molecule has 25 heavy (non-hydrogen) atoms. The number of ether oxygens (including phenoxy) is 2. The molecule has 0 aliphatic rings. The molecule has 0 aliphatic carbocycles. The van der Waals surface area contributed by atoms with Crippen molar-refractivity contribution in [1.82, 2.24) is 5.32 Å². The molecule has 0 saturated carbocycles. The molecule has 2 aromatic rings. The Bertz CT molecular complexity index is 722. The second kappa shape index (κ2) is 8.34. The SMILES string of the molecule is O=C(COc1ccccc1)NC(=S)Nc1ccc(OC(F)(F)F)cc1. The molecule has 5 nitrogen and oxygen atoms in total. The molecule has 0 fully saturated rings. The Kier molecular flexibility index (Phi) is 6.18. The van der Waals surface area contributed by atoms with Gasteiger partial charge in [-0.25, -0.2) is 0 Å². The summed E-state index contributed by atoms with van der Waals surface area (Å²) in [5.74, 6) is -0.292. The van der Waals surface area contributed by atoms with E-state index in [0.717, 1.165) is 12.1 Å². The van der Waals surface area contributed by atoms with Gasteiger partial charge in [0.25, 0.3) is 5.91 Å². The van der Waals surface area contributed by atoms with Crippen molar-refractivity contribution < 1.29 is 27.4 Å². The third-order valence-electron chi connectivity index (χ3n) is 2.71. The van der Waals surface area contributed by atoms with Crippen LogP contribution in [-0.2, 0) is 4.79 Å². The van der Waals surface area contributed by atoms with Gasteiger partial charge in [-0.05, 0) is 48.6 Å². The predicted molar refractivity (Wildman–Crippen MR) is 89.4 cm³/mol. The largest absolute Gasteiger partial charge is 0.573 e. The molecular weight excluding hydrogens is 357 g/mol. The van der Waals surface area contributed by atoms with Crippen LogP contribution in [0.5, 0.6) is 11.5 Å². The van der Waals surface area contributed by atoms with Gasteiger partial charge in [0.1, 0.15) is 11.5 Å². The van der Waals surface area contributed by atoms with Gasteiger partial charge in [0.2, 0.25) is 0 Å². The van der Waals surface area contributed by atoms with Gasteiger partial charge >= 0.3 is 6.36 Å². The zero-order valence-electron chi connectivity index (χ0n) is 12.7. The number of carbonyl (C=O) groups excluding carboxylic acids is 1. The summed E-state index contributed by atoms with van der Waals surface area (Å²) in [7, 11) is 0. The highest BCUT2D eigenvalue weighted by Gasteiger charge is 2.30. The lowest BCUT2D eigenvalue weighted by atomic mass is 10.3. The summed E-state index contributed by atoms with van der Waals surface area (Å²) in [5.41, 5.74) is 0.392. The maximum Gasteiger partial charge on any atom is 0.573 e. The Morgan fingerprint density at radius 2 is 1.64 bits per heavy atom. The van der Waals surface area contributed by atoms with Gasteiger partial charge in [-0.3, -0.25) is 10.1 Å². The summed E-state index contributed by atoms with van der Waals surface area (Å²) in [4.78, 5) is 11.7. The molecule has 132 valence electrons. The predicted octanol–water partition coefficient (Wildman–Crippen LogP) is 3.48. The van der Waals surface area contributed by atoms with Crippen LogP contribution in [0.2, 0.25) is 0 Å². The van der Waals surface area contributed by atoms with Crippen molar-refractivity contribution in [2.45, 2.75) is 6.36 Å². The summed E-state index contributed by atoms with van der Waals surface area (Å²) in [5, 5.41) is 5.06. The van der Waals surface area contributed by atoms with Crippen molar-refractivity contribution in [3.63, 3.8) is 0 Å². The number of hydrogen-bond acceptors (Lipinski definition) is 4. The first-order valence-electron chi connectivity index (χ1n) is 6.96. The number of halogens is 3. The van der Waals surface area contributed by atoms with Crippen LogP contribution in [0.25, 0.3) is 0 Å². The molecule has 0 radical (unpaired) electrons. The molecule has 0 saturated heterocycles. The first-order chi connectivity index (χ1) is 11.8. The maximum absolute atomic E-state index is 12.1. The van der Waals surface area contributed by atoms with Crippen molar-refractivity contribution in [2.75, 3.05) is 11.9 Å². The van der Waals surface area contributed by atoms with Crippen molar-refractivity contribution in [2.24, 2.45) is 0 Å². The molecule has 2 aromatic carbocycles. The van der Waals surface area contributed by atoms with Gasteiger partial charge in [0.05, 0.1) is 0 Å². The number of anilines is 1. The lowest BCUT2D eigenvalue weighted by Crippen LogP contribution is -2.37. The fourth-order valence-electron chi connectivity index (χ4n) is 1.73. The van der Waals surface area contributed by atoms with Gasteiger partial charge in [0.15, 0.2) is 11.7 Å². The van der Waals surface area contributed by atoms with E-state index in [-0.39, 0.29) is 17.5 Å². The Morgan fingerprint density at radius 1 is 1.00 bits per heavy atom. The second-order valence-corrected chi connectivity index (χ2v) is 5.08. The lowest BCUT2D eigenvalue weighted by Gasteiger charge is -2.12. The average Bonchev–Trinajstić information content (AvgIpc) is 2.54. The molecular formula is C16H13F3N2O3S. The van der Waals surface area contributed by atoms with Gasteiger partial charge < -0.3 is 14.8 Å². The van der Waals surface area contributed by atoms with E-state index in [4.69, 9.17) is 17.0 Å². The van der Waals surface area contributed by atoms with E-state index in [1.54, 1.807) is 24.3 Å². The summed E-state index contributed by atoms with van der Waals surface area (Å²) in [6.45, 7) is -0.232. The second-order valence-electron chi connectivity index (χ2n) is 4.68. The Balaban J connectivity index is 1.78. The topological polar surface area (TPSA) is 59.6 Å². The number of alkyl halides is 3. The normalized spacial score (nSPS) is 10.7. The van der Waals surface area contributed by atoms with Crippen LogP contribution in [0.1, 0.15) is 0 Å². The molecule has 9 heteroatoms. The van der Waals surface area contributed by atoms with E-state index < -0.39 is 12.3 Å². The highest BCUT2D eigenvalue weighted by atomic mass is 32.1. The van der Waals surface area contributed by atoms with E-state index in [1.165, 1.54) is 12.1 Å². The smallest absolute Gasteiger partial charge is 0.484 e. The molecule has 2 rings (SSSR count). The maximum atomic E-state index is 12.1. The van der Waals surface area contributed by atoms with Crippen LogP contribution < -0.4 is 20.1 Å². The zero-order chi connectivity index (χ0) is 18.3. The molecule has 0 aromatic heterocycles. The van der Waals surface area contributed by atoms with E-state index in [2.05, 4.69) is 15.4 Å². The minimum atomic E-state index is -4.75. The summed E-state index contributed by atoms with van der Waals surface area (Å²) in [6.07, 6.45) is -4.75. The minimum absolute atomic E-state index is 0.00819. The molecule has 0 spiro atoms. The van der Waals surface area contributed by atoms with Crippen LogP contribution >= 0.6 is 12.2 Å². The van der Waals surface area contributed by atoms with E-state index in [9.17, 15) is 18.0 Å². The Labute approximate surface area is 146 Å². The first-order valence-corrected chi connectivity index (χ1v) is 7.37. The van der Waals surface area contributed by atoms with Crippen LogP contribution in [-0.4, -0.2) is 24.0 Å². The Morgan fingerprint density at radius 3 is 2.24 bits per heavy atom. The van der Waals surface area contributed by atoms with Crippen molar-refractivity contribution in [3.8, 4) is 11.5 Å². The number of para-hydroxylation sites is 1. The van der Waals surface area contributed by atoms with E-state index >= 15 is 0 Å². The number of benzene rings is 2. The van der Waals surface area contributed by atoms with Crippen LogP contribution in [0, 0.1) is 0 Å². The summed E-state index contributed by atoms with van der Waals surface area (Å²) >= 11 is 4.95. The van der Waals surface area contributed by atoms with Crippen LogP contribution in [0.15, 0.2) is 54.6 Å². The van der Waals surface area contributed by atoms with Crippen molar-refractivity contribution in [3.05, 3.63) is 54.6 Å². The third-order valence-corrected chi connectivity index (χ3v) is 2.92. The molecule has 0 aliphatic heterocycles. The summed E-state index contributed by atoms with van der Waals surface area (Å²) in [6, 6.07) is 13.7. The highest BCUT2D eigenvalue weighted by Crippen LogP contribution is 2.23. The van der Waals surface area contributed by atoms with Crippen LogP contribution in [0.3, 0.4) is 0 Å². The lowest BCUT2D eigenvalue weighted by molar-refractivity contribution is -0.274. The third kappa shape index (κ3) is 7.08. The quantitative estimate of drug-likeness (QED) is 0.790. The molecule has 0 bridgehead atoms. The fourth-order valence-corrected chi connectivity index (χ4v) is 1.96. The minimum Gasteiger partial charge on any atom is -0.484 e. The first kappa shape index (κ1) is 18.5. The van der Waals surface area contributed by atoms with E-state index in [0.29, 0.717) is 11.4 Å². The number of rotatable bonds is 5. The molecule has 1 amide bonds. The van der Waals surface area contributed by atoms with Gasteiger partial charge in [-0.1, -0.05) is 18.2 Å². The Hall–Kier alpha value is -2.81. The molecule has 0 unspecified atom stereocenters. The zero-order valence-corrected chi connectivity index (χ0v) is 13.5. The van der Waals surface area contributed by atoms with E-state index in [1.807, 2.05) is 6.07 Å². The average molecular weight is 370 g/mol. The number of hydrogen-bond donors (Lipinski definition) is 2. The van der Waals surface area contributed by atoms with Gasteiger partial charge in [-0.15, -0.1) is 13.2 Å². The molecule has 0 heterocycles. The van der Waals surface area contributed by atoms with Gasteiger partial charge in [0, 0.05) is 5.69 Å². The highest BCUT2D eigenvalue weighted by molar-refractivity contribution is 7.80. The fraction of sp³-hybridized carbons (Fsp3) is 0.125.